The summed E-state index contributed by atoms with van der Waals surface area (Å²) in [6, 6.07) is 15.3. The molecule has 0 aliphatic carbocycles. The van der Waals surface area contributed by atoms with Gasteiger partial charge in [0.1, 0.15) is 0 Å². The minimum atomic E-state index is 0.687. The molecule has 0 aliphatic heterocycles. The molecule has 94 valence electrons. The van der Waals surface area contributed by atoms with Gasteiger partial charge in [-0.15, -0.1) is 0 Å². The van der Waals surface area contributed by atoms with Crippen LogP contribution in [0.4, 0.5) is 0 Å². The zero-order valence-electron chi connectivity index (χ0n) is 9.92. The summed E-state index contributed by atoms with van der Waals surface area (Å²) in [7, 11) is 0. The Morgan fingerprint density at radius 2 is 1.79 bits per heavy atom. The van der Waals surface area contributed by atoms with E-state index in [1.54, 1.807) is 10.9 Å². The van der Waals surface area contributed by atoms with Crippen molar-refractivity contribution in [2.24, 2.45) is 0 Å². The number of rotatable bonds is 2. The van der Waals surface area contributed by atoms with Crippen LogP contribution in [-0.4, -0.2) is 9.78 Å². The van der Waals surface area contributed by atoms with Gasteiger partial charge in [0.25, 0.3) is 0 Å². The zero-order chi connectivity index (χ0) is 13.2. The lowest BCUT2D eigenvalue weighted by molar-refractivity contribution is 0.881. The van der Waals surface area contributed by atoms with Crippen molar-refractivity contribution in [2.75, 3.05) is 0 Å². The summed E-state index contributed by atoms with van der Waals surface area (Å²) in [5, 5.41) is 5.75. The summed E-state index contributed by atoms with van der Waals surface area (Å²) < 4.78 is 1.78. The van der Waals surface area contributed by atoms with E-state index in [4.69, 9.17) is 23.2 Å². The molecule has 2 nitrogen and oxygen atoms in total. The number of nitrogens with zero attached hydrogens (tertiary/aromatic N) is 2. The van der Waals surface area contributed by atoms with Crippen molar-refractivity contribution in [2.45, 2.75) is 0 Å². The second-order valence-electron chi connectivity index (χ2n) is 4.13. The SMILES string of the molecule is Clc1cccc(-n2cc(-c3ccccc3Cl)cn2)c1. The van der Waals surface area contributed by atoms with Gasteiger partial charge in [-0.05, 0) is 24.3 Å². The summed E-state index contributed by atoms with van der Waals surface area (Å²) in [5.41, 5.74) is 2.87. The van der Waals surface area contributed by atoms with Crippen LogP contribution in [0.3, 0.4) is 0 Å². The van der Waals surface area contributed by atoms with Gasteiger partial charge in [0, 0.05) is 27.4 Å². The van der Waals surface area contributed by atoms with E-state index in [2.05, 4.69) is 5.10 Å². The molecule has 3 rings (SSSR count). The highest BCUT2D eigenvalue weighted by Crippen LogP contribution is 2.27. The number of hydrogen-bond acceptors (Lipinski definition) is 1. The molecular formula is C15H10Cl2N2. The molecule has 0 N–H and O–H groups in total. The lowest BCUT2D eigenvalue weighted by atomic mass is 10.1. The van der Waals surface area contributed by atoms with Crippen molar-refractivity contribution in [3.8, 4) is 16.8 Å². The fraction of sp³-hybridized carbons (Fsp3) is 0. The van der Waals surface area contributed by atoms with E-state index in [1.165, 1.54) is 0 Å². The Hall–Kier alpha value is -1.77. The van der Waals surface area contributed by atoms with Crippen molar-refractivity contribution in [1.82, 2.24) is 9.78 Å². The average molecular weight is 289 g/mol. The first-order chi connectivity index (χ1) is 9.24. The van der Waals surface area contributed by atoms with Gasteiger partial charge in [-0.1, -0.05) is 47.5 Å². The maximum atomic E-state index is 6.18. The monoisotopic (exact) mass is 288 g/mol. The van der Waals surface area contributed by atoms with Crippen LogP contribution in [0.2, 0.25) is 10.0 Å². The van der Waals surface area contributed by atoms with E-state index < -0.39 is 0 Å². The Labute approximate surface area is 121 Å². The normalized spacial score (nSPS) is 10.6. The van der Waals surface area contributed by atoms with Crippen molar-refractivity contribution >= 4 is 23.2 Å². The Bertz CT molecular complexity index is 719. The van der Waals surface area contributed by atoms with Crippen molar-refractivity contribution in [1.29, 1.82) is 0 Å². The topological polar surface area (TPSA) is 17.8 Å². The van der Waals surface area contributed by atoms with E-state index in [0.717, 1.165) is 16.8 Å². The molecule has 19 heavy (non-hydrogen) atoms. The standard InChI is InChI=1S/C15H10Cl2N2/c16-12-4-3-5-13(8-12)19-10-11(9-18-19)14-6-1-2-7-15(14)17/h1-10H. The van der Waals surface area contributed by atoms with Crippen molar-refractivity contribution in [3.63, 3.8) is 0 Å². The van der Waals surface area contributed by atoms with Crippen molar-refractivity contribution in [3.05, 3.63) is 71.0 Å². The van der Waals surface area contributed by atoms with E-state index in [0.29, 0.717) is 10.0 Å². The molecule has 0 atom stereocenters. The Morgan fingerprint density at radius 1 is 0.947 bits per heavy atom. The number of halogens is 2. The predicted octanol–water partition coefficient (Wildman–Crippen LogP) is 4.85. The van der Waals surface area contributed by atoms with E-state index in [9.17, 15) is 0 Å². The molecule has 1 heterocycles. The van der Waals surface area contributed by atoms with E-state index in [1.807, 2.05) is 54.7 Å². The first-order valence-electron chi connectivity index (χ1n) is 5.79. The molecule has 0 saturated carbocycles. The Morgan fingerprint density at radius 3 is 2.58 bits per heavy atom. The minimum Gasteiger partial charge on any atom is -0.240 e. The van der Waals surface area contributed by atoms with Crippen LogP contribution in [0.5, 0.6) is 0 Å². The largest absolute Gasteiger partial charge is 0.240 e. The molecule has 0 bridgehead atoms. The molecule has 4 heteroatoms. The Kier molecular flexibility index (Phi) is 3.28. The fourth-order valence-electron chi connectivity index (χ4n) is 1.92. The third-order valence-electron chi connectivity index (χ3n) is 2.84. The van der Waals surface area contributed by atoms with Gasteiger partial charge in [0.2, 0.25) is 0 Å². The maximum absolute atomic E-state index is 6.18. The van der Waals surface area contributed by atoms with Crippen LogP contribution in [0, 0.1) is 0 Å². The molecule has 0 aliphatic rings. The molecular weight excluding hydrogens is 279 g/mol. The lowest BCUT2D eigenvalue weighted by Crippen LogP contribution is -1.93. The highest BCUT2D eigenvalue weighted by Gasteiger charge is 2.06. The molecule has 0 radical (unpaired) electrons. The van der Waals surface area contributed by atoms with Gasteiger partial charge in [-0.25, -0.2) is 4.68 Å². The molecule has 0 fully saturated rings. The van der Waals surface area contributed by atoms with E-state index >= 15 is 0 Å². The summed E-state index contributed by atoms with van der Waals surface area (Å²) in [5.74, 6) is 0. The summed E-state index contributed by atoms with van der Waals surface area (Å²) >= 11 is 12.2. The lowest BCUT2D eigenvalue weighted by Gasteiger charge is -2.02. The highest BCUT2D eigenvalue weighted by atomic mass is 35.5. The molecule has 0 amide bonds. The number of benzene rings is 2. The van der Waals surface area contributed by atoms with Crippen LogP contribution < -0.4 is 0 Å². The van der Waals surface area contributed by atoms with Crippen LogP contribution >= 0.6 is 23.2 Å². The van der Waals surface area contributed by atoms with Gasteiger partial charge in [-0.2, -0.15) is 5.10 Å². The second-order valence-corrected chi connectivity index (χ2v) is 4.98. The smallest absolute Gasteiger partial charge is 0.0660 e. The van der Waals surface area contributed by atoms with Crippen LogP contribution in [0.15, 0.2) is 60.9 Å². The number of hydrogen-bond donors (Lipinski definition) is 0. The van der Waals surface area contributed by atoms with Crippen LogP contribution in [0.1, 0.15) is 0 Å². The number of aromatic nitrogens is 2. The minimum absolute atomic E-state index is 0.687. The van der Waals surface area contributed by atoms with Crippen LogP contribution in [0.25, 0.3) is 16.8 Å². The molecule has 3 aromatic rings. The quantitative estimate of drug-likeness (QED) is 0.659. The first kappa shape index (κ1) is 12.3. The third-order valence-corrected chi connectivity index (χ3v) is 3.40. The van der Waals surface area contributed by atoms with Gasteiger partial charge in [-0.3, -0.25) is 0 Å². The zero-order valence-corrected chi connectivity index (χ0v) is 11.4. The fourth-order valence-corrected chi connectivity index (χ4v) is 2.35. The average Bonchev–Trinajstić information content (AvgIpc) is 2.89. The van der Waals surface area contributed by atoms with Gasteiger partial charge < -0.3 is 0 Å². The molecule has 1 aromatic heterocycles. The molecule has 2 aromatic carbocycles. The summed E-state index contributed by atoms with van der Waals surface area (Å²) in [6.07, 6.45) is 3.73. The first-order valence-corrected chi connectivity index (χ1v) is 6.55. The highest BCUT2D eigenvalue weighted by molar-refractivity contribution is 6.33. The molecule has 0 saturated heterocycles. The van der Waals surface area contributed by atoms with Crippen molar-refractivity contribution < 1.29 is 0 Å². The third kappa shape index (κ3) is 2.50. The predicted molar refractivity (Wildman–Crippen MR) is 79.0 cm³/mol. The van der Waals surface area contributed by atoms with Gasteiger partial charge >= 0.3 is 0 Å². The van der Waals surface area contributed by atoms with Gasteiger partial charge in [0.15, 0.2) is 0 Å². The molecule has 0 spiro atoms. The van der Waals surface area contributed by atoms with Gasteiger partial charge in [0.05, 0.1) is 11.9 Å². The van der Waals surface area contributed by atoms with E-state index in [-0.39, 0.29) is 0 Å². The maximum Gasteiger partial charge on any atom is 0.0660 e. The van der Waals surface area contributed by atoms with Crippen LogP contribution in [-0.2, 0) is 0 Å². The summed E-state index contributed by atoms with van der Waals surface area (Å²) in [4.78, 5) is 0. The molecule has 0 unspecified atom stereocenters. The summed E-state index contributed by atoms with van der Waals surface area (Å²) in [6.45, 7) is 0. The Balaban J connectivity index is 2.03. The second kappa shape index (κ2) is 5.08.